The van der Waals surface area contributed by atoms with Gasteiger partial charge in [0.25, 0.3) is 0 Å². The zero-order chi connectivity index (χ0) is 9.10. The van der Waals surface area contributed by atoms with Gasteiger partial charge in [-0.1, -0.05) is 18.2 Å². The molecule has 0 bridgehead atoms. The number of likely N-dealkylation sites (N-methyl/N-ethyl adjacent to an activating group) is 1. The fourth-order valence-corrected chi connectivity index (χ4v) is 1.71. The summed E-state index contributed by atoms with van der Waals surface area (Å²) in [5.74, 6) is 0. The molecule has 1 unspecified atom stereocenters. The molecule has 13 heavy (non-hydrogen) atoms. The Kier molecular flexibility index (Phi) is 2.41. The van der Waals surface area contributed by atoms with Gasteiger partial charge in [0, 0.05) is 18.9 Å². The van der Waals surface area contributed by atoms with Gasteiger partial charge in [-0.05, 0) is 25.1 Å². The number of rotatable bonds is 1. The molecule has 0 fully saturated rings. The number of pyridine rings is 1. The molecule has 0 radical (unpaired) electrons. The second-order valence-corrected chi connectivity index (χ2v) is 3.43. The molecule has 0 spiro atoms. The van der Waals surface area contributed by atoms with Gasteiger partial charge in [0.1, 0.15) is 0 Å². The van der Waals surface area contributed by atoms with Crippen molar-refractivity contribution in [3.63, 3.8) is 0 Å². The quantitative estimate of drug-likeness (QED) is 0.605. The van der Waals surface area contributed by atoms with Crippen LogP contribution in [0.15, 0.2) is 36.7 Å². The van der Waals surface area contributed by atoms with E-state index in [4.69, 9.17) is 0 Å². The van der Waals surface area contributed by atoms with E-state index in [1.807, 2.05) is 18.5 Å². The normalized spacial score (nSPS) is 23.3. The Morgan fingerprint density at radius 1 is 1.54 bits per heavy atom. The minimum absolute atomic E-state index is 0.419. The van der Waals surface area contributed by atoms with Crippen LogP contribution in [0.25, 0.3) is 0 Å². The molecular formula is C11H14N2. The van der Waals surface area contributed by atoms with E-state index >= 15 is 0 Å². The van der Waals surface area contributed by atoms with Gasteiger partial charge >= 0.3 is 0 Å². The third-order valence-corrected chi connectivity index (χ3v) is 2.47. The smallest absolute Gasteiger partial charge is 0.0544 e. The van der Waals surface area contributed by atoms with Crippen LogP contribution in [-0.4, -0.2) is 23.5 Å². The molecule has 0 saturated carbocycles. The van der Waals surface area contributed by atoms with E-state index in [0.29, 0.717) is 6.04 Å². The molecule has 68 valence electrons. The second kappa shape index (κ2) is 3.71. The zero-order valence-corrected chi connectivity index (χ0v) is 7.85. The molecule has 0 saturated heterocycles. The Balaban J connectivity index is 2.25. The van der Waals surface area contributed by atoms with Crippen LogP contribution in [0.3, 0.4) is 0 Å². The summed E-state index contributed by atoms with van der Waals surface area (Å²) < 4.78 is 0. The maximum atomic E-state index is 4.13. The first kappa shape index (κ1) is 8.45. The molecule has 2 rings (SSSR count). The molecule has 2 nitrogen and oxygen atoms in total. The van der Waals surface area contributed by atoms with Crippen LogP contribution >= 0.6 is 0 Å². The molecule has 1 aromatic rings. The van der Waals surface area contributed by atoms with E-state index in [-0.39, 0.29) is 0 Å². The minimum Gasteiger partial charge on any atom is -0.296 e. The van der Waals surface area contributed by atoms with Gasteiger partial charge in [0.2, 0.25) is 0 Å². The summed E-state index contributed by atoms with van der Waals surface area (Å²) in [5.41, 5.74) is 1.28. The van der Waals surface area contributed by atoms with Crippen LogP contribution in [-0.2, 0) is 0 Å². The lowest BCUT2D eigenvalue weighted by atomic mass is 10.0. The van der Waals surface area contributed by atoms with Crippen molar-refractivity contribution < 1.29 is 0 Å². The average Bonchev–Trinajstić information content (AvgIpc) is 2.20. The fraction of sp³-hybridized carbons (Fsp3) is 0.364. The molecule has 1 aromatic heterocycles. The first-order chi connectivity index (χ1) is 6.38. The van der Waals surface area contributed by atoms with Gasteiger partial charge < -0.3 is 0 Å². The lowest BCUT2D eigenvalue weighted by molar-refractivity contribution is 0.279. The zero-order valence-electron chi connectivity index (χ0n) is 7.85. The summed E-state index contributed by atoms with van der Waals surface area (Å²) in [7, 11) is 2.15. The largest absolute Gasteiger partial charge is 0.296 e. The maximum absolute atomic E-state index is 4.13. The van der Waals surface area contributed by atoms with Crippen LogP contribution < -0.4 is 0 Å². The predicted molar refractivity (Wildman–Crippen MR) is 53.4 cm³/mol. The SMILES string of the molecule is CN1CCC=CC1c1cccnc1. The van der Waals surface area contributed by atoms with Gasteiger partial charge in [-0.2, -0.15) is 0 Å². The molecular weight excluding hydrogens is 160 g/mol. The van der Waals surface area contributed by atoms with E-state index in [9.17, 15) is 0 Å². The highest BCUT2D eigenvalue weighted by atomic mass is 15.1. The summed E-state index contributed by atoms with van der Waals surface area (Å²) in [5, 5.41) is 0. The molecule has 1 aliphatic rings. The van der Waals surface area contributed by atoms with Crippen molar-refractivity contribution in [1.29, 1.82) is 0 Å². The molecule has 0 amide bonds. The molecule has 0 N–H and O–H groups in total. The van der Waals surface area contributed by atoms with Gasteiger partial charge in [0.05, 0.1) is 6.04 Å². The van der Waals surface area contributed by atoms with Crippen molar-refractivity contribution in [3.8, 4) is 0 Å². The fourth-order valence-electron chi connectivity index (χ4n) is 1.71. The van der Waals surface area contributed by atoms with Gasteiger partial charge in [-0.15, -0.1) is 0 Å². The Bertz CT molecular complexity index is 292. The van der Waals surface area contributed by atoms with Crippen molar-refractivity contribution in [1.82, 2.24) is 9.88 Å². The lowest BCUT2D eigenvalue weighted by Crippen LogP contribution is -2.26. The van der Waals surface area contributed by atoms with Crippen molar-refractivity contribution in [2.75, 3.05) is 13.6 Å². The van der Waals surface area contributed by atoms with Crippen LogP contribution in [0.2, 0.25) is 0 Å². The molecule has 0 aliphatic carbocycles. The molecule has 2 heteroatoms. The third kappa shape index (κ3) is 1.78. The highest BCUT2D eigenvalue weighted by Gasteiger charge is 2.15. The minimum atomic E-state index is 0.419. The lowest BCUT2D eigenvalue weighted by Gasteiger charge is -2.28. The van der Waals surface area contributed by atoms with Gasteiger partial charge in [-0.25, -0.2) is 0 Å². The van der Waals surface area contributed by atoms with E-state index in [2.05, 4.69) is 35.1 Å². The third-order valence-electron chi connectivity index (χ3n) is 2.47. The van der Waals surface area contributed by atoms with E-state index in [1.165, 1.54) is 5.56 Å². The summed E-state index contributed by atoms with van der Waals surface area (Å²) >= 11 is 0. The second-order valence-electron chi connectivity index (χ2n) is 3.43. The van der Waals surface area contributed by atoms with Crippen molar-refractivity contribution in [2.24, 2.45) is 0 Å². The van der Waals surface area contributed by atoms with E-state index in [1.54, 1.807) is 0 Å². The van der Waals surface area contributed by atoms with Crippen molar-refractivity contribution in [2.45, 2.75) is 12.5 Å². The Morgan fingerprint density at radius 2 is 2.46 bits per heavy atom. The molecule has 1 aliphatic heterocycles. The number of aromatic nitrogens is 1. The standard InChI is InChI=1S/C11H14N2/c1-13-8-3-2-6-11(13)10-5-4-7-12-9-10/h2,4-7,9,11H,3,8H2,1H3. The van der Waals surface area contributed by atoms with Gasteiger partial charge in [0.15, 0.2) is 0 Å². The number of nitrogens with zero attached hydrogens (tertiary/aromatic N) is 2. The Morgan fingerprint density at radius 3 is 3.15 bits per heavy atom. The maximum Gasteiger partial charge on any atom is 0.0544 e. The van der Waals surface area contributed by atoms with Crippen LogP contribution in [0.4, 0.5) is 0 Å². The number of hydrogen-bond acceptors (Lipinski definition) is 2. The van der Waals surface area contributed by atoms with E-state index < -0.39 is 0 Å². The topological polar surface area (TPSA) is 16.1 Å². The average molecular weight is 174 g/mol. The Labute approximate surface area is 78.9 Å². The first-order valence-electron chi connectivity index (χ1n) is 4.65. The summed E-state index contributed by atoms with van der Waals surface area (Å²) in [6.45, 7) is 1.13. The molecule has 0 aromatic carbocycles. The summed E-state index contributed by atoms with van der Waals surface area (Å²) in [4.78, 5) is 6.48. The van der Waals surface area contributed by atoms with Crippen LogP contribution in [0.1, 0.15) is 18.0 Å². The van der Waals surface area contributed by atoms with Crippen molar-refractivity contribution >= 4 is 0 Å². The molecule has 2 heterocycles. The highest BCUT2D eigenvalue weighted by molar-refractivity contribution is 5.20. The monoisotopic (exact) mass is 174 g/mol. The highest BCUT2D eigenvalue weighted by Crippen LogP contribution is 2.23. The summed E-state index contributed by atoms with van der Waals surface area (Å²) in [6.07, 6.45) is 9.41. The van der Waals surface area contributed by atoms with Crippen LogP contribution in [0, 0.1) is 0 Å². The first-order valence-corrected chi connectivity index (χ1v) is 4.65. The summed E-state index contributed by atoms with van der Waals surface area (Å²) in [6, 6.07) is 4.54. The predicted octanol–water partition coefficient (Wildman–Crippen LogP) is 2.01. The van der Waals surface area contributed by atoms with Crippen molar-refractivity contribution in [3.05, 3.63) is 42.2 Å². The molecule has 1 atom stereocenters. The number of hydrogen-bond donors (Lipinski definition) is 0. The van der Waals surface area contributed by atoms with Crippen LogP contribution in [0.5, 0.6) is 0 Å². The Hall–Kier alpha value is -1.15. The van der Waals surface area contributed by atoms with Gasteiger partial charge in [-0.3, -0.25) is 9.88 Å². The van der Waals surface area contributed by atoms with E-state index in [0.717, 1.165) is 13.0 Å².